The van der Waals surface area contributed by atoms with Crippen molar-refractivity contribution in [1.29, 1.82) is 0 Å². The first kappa shape index (κ1) is 78.4. The number of benzene rings is 4. The van der Waals surface area contributed by atoms with Gasteiger partial charge in [-0.1, -0.05) is 0 Å². The second-order valence-corrected chi connectivity index (χ2v) is 28.9. The molecule has 4 saturated heterocycles. The molecule has 28 heteroatoms. The lowest BCUT2D eigenvalue weighted by Gasteiger charge is -2.34. The number of halogens is 4. The molecule has 12 heterocycles. The zero-order valence-corrected chi connectivity index (χ0v) is 64.0. The summed E-state index contributed by atoms with van der Waals surface area (Å²) in [5.74, 6) is 0.107. The van der Waals surface area contributed by atoms with Crippen LogP contribution < -0.4 is 72.3 Å². The number of aromatic nitrogens is 8. The molecule has 12 aromatic rings. The third-order valence-electron chi connectivity index (χ3n) is 20.8. The molecule has 0 saturated carbocycles. The van der Waals surface area contributed by atoms with E-state index in [-0.39, 0.29) is 51.3 Å². The average molecular weight is 1530 g/mol. The van der Waals surface area contributed by atoms with E-state index in [1.54, 1.807) is 57.6 Å². The Labute approximate surface area is 644 Å². The average Bonchev–Trinajstić information content (AvgIpc) is 1.05. The molecule has 8 aromatic heterocycles. The van der Waals surface area contributed by atoms with Gasteiger partial charge in [-0.3, -0.25) is 36.8 Å². The molecule has 16 rings (SSSR count). The molecular weight excluding hydrogens is 1440 g/mol. The van der Waals surface area contributed by atoms with Crippen LogP contribution in [0.3, 0.4) is 0 Å². The van der Waals surface area contributed by atoms with Gasteiger partial charge in [0.2, 0.25) is 0 Å². The number of methoxy groups -OCH3 is 4. The van der Waals surface area contributed by atoms with Crippen molar-refractivity contribution in [2.24, 2.45) is 17.6 Å². The van der Waals surface area contributed by atoms with E-state index in [4.69, 9.17) is 24.7 Å². The van der Waals surface area contributed by atoms with Crippen molar-refractivity contribution < 1.29 is 36.5 Å². The number of hydrogen-bond donors (Lipinski definition) is 3. The summed E-state index contributed by atoms with van der Waals surface area (Å²) in [7, 11) is 14.0. The molecule has 0 amide bonds. The molecule has 0 radical (unpaired) electrons. The van der Waals surface area contributed by atoms with Crippen LogP contribution in [0.2, 0.25) is 0 Å². The molecule has 4 N–H and O–H groups in total. The van der Waals surface area contributed by atoms with E-state index in [1.807, 2.05) is 55.8 Å². The Hall–Kier alpha value is -11.7. The maximum Gasteiger partial charge on any atom is 0.258 e. The first-order valence-corrected chi connectivity index (χ1v) is 37.4. The van der Waals surface area contributed by atoms with Gasteiger partial charge in [0.1, 0.15) is 22.6 Å². The van der Waals surface area contributed by atoms with Crippen LogP contribution in [-0.4, -0.2) is 181 Å². The number of anilines is 4. The molecule has 0 unspecified atom stereocenters. The van der Waals surface area contributed by atoms with Crippen LogP contribution in [0.4, 0.5) is 40.3 Å². The molecule has 4 aliphatic heterocycles. The van der Waals surface area contributed by atoms with Crippen LogP contribution in [-0.2, 0) is 0 Å². The van der Waals surface area contributed by atoms with Gasteiger partial charge in [0.25, 0.3) is 22.2 Å². The minimum absolute atomic E-state index is 0.153. The number of pyridine rings is 4. The zero-order chi connectivity index (χ0) is 78.9. The van der Waals surface area contributed by atoms with E-state index in [2.05, 4.69) is 76.2 Å². The predicted octanol–water partition coefficient (Wildman–Crippen LogP) is 10.9. The fourth-order valence-corrected chi connectivity index (χ4v) is 14.8. The van der Waals surface area contributed by atoms with Crippen molar-refractivity contribution in [1.82, 2.24) is 52.7 Å². The summed E-state index contributed by atoms with van der Waals surface area (Å²) in [5, 5.41) is 6.71. The molecular formula is C84H92F4N16O8. The van der Waals surface area contributed by atoms with Gasteiger partial charge in [0.05, 0.1) is 74.0 Å². The normalized spacial score (nSPS) is 16.1. The molecule has 4 aromatic carbocycles. The van der Waals surface area contributed by atoms with Crippen molar-refractivity contribution in [2.75, 3.05) is 142 Å². The SMILES string of the molecule is CNCC1CCN(c2ccc3nc(-c4ccc(OC)c(F)c4)cc(=O)n3c2)CC1.COc1ccc(-c2cc(=O)n3cc(N4CCC(CN(C)C)CC4)ccc3n2)cc1F.COc1ccc(-c2cc(=O)n3cc(N4CC[C@H](N)C4)ccc3n2)cc1F.COc1ccc(-c2cc(=O)n3cc(N[C@@H]4CCN(C)C4)ccc3n2)cc1F. The highest BCUT2D eigenvalue weighted by Gasteiger charge is 2.25. The summed E-state index contributed by atoms with van der Waals surface area (Å²) < 4.78 is 81.9. The lowest BCUT2D eigenvalue weighted by molar-refractivity contribution is 0.285. The van der Waals surface area contributed by atoms with Gasteiger partial charge in [-0.05, 0) is 213 Å². The summed E-state index contributed by atoms with van der Waals surface area (Å²) in [6.07, 6.45) is 13.8. The summed E-state index contributed by atoms with van der Waals surface area (Å²) in [5.41, 5.74) is 15.0. The lowest BCUT2D eigenvalue weighted by atomic mass is 9.96. The maximum absolute atomic E-state index is 14.1. The van der Waals surface area contributed by atoms with Crippen LogP contribution in [0.25, 0.3) is 67.6 Å². The minimum Gasteiger partial charge on any atom is -0.494 e. The molecule has 2 atom stereocenters. The van der Waals surface area contributed by atoms with Gasteiger partial charge >= 0.3 is 0 Å². The predicted molar refractivity (Wildman–Crippen MR) is 430 cm³/mol. The van der Waals surface area contributed by atoms with Crippen molar-refractivity contribution in [2.45, 2.75) is 50.6 Å². The monoisotopic (exact) mass is 1530 g/mol. The third-order valence-corrected chi connectivity index (χ3v) is 20.8. The first-order chi connectivity index (χ1) is 54.1. The highest BCUT2D eigenvalue weighted by molar-refractivity contribution is 5.68. The van der Waals surface area contributed by atoms with Crippen LogP contribution in [0.1, 0.15) is 38.5 Å². The number of ether oxygens (including phenoxy) is 4. The fraction of sp³-hybridized carbons (Fsp3) is 0.333. The summed E-state index contributed by atoms with van der Waals surface area (Å²) in [6, 6.07) is 39.6. The van der Waals surface area contributed by atoms with Crippen LogP contribution in [0.15, 0.2) is 190 Å². The Bertz CT molecular complexity index is 5630. The highest BCUT2D eigenvalue weighted by Crippen LogP contribution is 2.32. The van der Waals surface area contributed by atoms with Crippen molar-refractivity contribution >= 4 is 45.3 Å². The van der Waals surface area contributed by atoms with Gasteiger partial charge in [-0.2, -0.15) is 0 Å². The van der Waals surface area contributed by atoms with Crippen molar-refractivity contribution in [3.8, 4) is 68.0 Å². The summed E-state index contributed by atoms with van der Waals surface area (Å²) >= 11 is 0. The highest BCUT2D eigenvalue weighted by atomic mass is 19.1. The molecule has 4 fully saturated rings. The molecule has 4 aliphatic rings. The number of likely N-dealkylation sites (tertiary alicyclic amines) is 1. The third kappa shape index (κ3) is 18.3. The second-order valence-electron chi connectivity index (χ2n) is 28.9. The van der Waals surface area contributed by atoms with E-state index in [1.165, 1.54) is 110 Å². The largest absolute Gasteiger partial charge is 0.494 e. The Morgan fingerprint density at radius 3 is 1.10 bits per heavy atom. The quantitative estimate of drug-likeness (QED) is 0.0718. The topological polar surface area (TPSA) is 241 Å². The number of hydrogen-bond acceptors (Lipinski definition) is 20. The standard InChI is InChI=1S/C23H27FN4O2.C22H25FN4O2.C20H21FN4O2.C19H19FN4O2/c1-26(2)14-16-8-10-27(11-9-16)18-5-7-22-25-20(13-23(29)28(22)15-18)17-4-6-21(30-3)19(24)12-17;1-24-13-15-7-9-26(10-8-15)17-4-6-21-25-19(12-22(28)27(21)14-17)16-3-5-20(29-2)18(23)11-16;1-24-8-7-15(11-24)22-14-4-6-19-23-17(10-20(26)25(19)12-14)13-3-5-18(27-2)16(21)9-13;1-26-17-4-2-12(8-15(17)20)16-9-19(25)24-11-14(3-5-18(24)22-16)23-7-6-13(21)10-23/h4-7,12-13,15-16H,8-11,14H2,1-3H3;3-6,11-12,14-15,24H,7-10,13H2,1-2H3;3-6,9-10,12,15,22H,7-8,11H2,1-2H3;2-5,8-9,11,13H,6-7,10,21H2,1H3/t;;15-;13-/m..10/s1. The van der Waals surface area contributed by atoms with Gasteiger partial charge in [-0.25, -0.2) is 37.5 Å². The molecule has 0 spiro atoms. The Morgan fingerprint density at radius 2 is 0.777 bits per heavy atom. The summed E-state index contributed by atoms with van der Waals surface area (Å²) in [6.45, 7) is 9.77. The van der Waals surface area contributed by atoms with Crippen LogP contribution in [0, 0.1) is 35.1 Å². The molecule has 0 bridgehead atoms. The Morgan fingerprint density at radius 1 is 0.429 bits per heavy atom. The van der Waals surface area contributed by atoms with Crippen molar-refractivity contribution in [3.63, 3.8) is 0 Å². The lowest BCUT2D eigenvalue weighted by Crippen LogP contribution is -2.37. The van der Waals surface area contributed by atoms with Crippen LogP contribution in [0.5, 0.6) is 23.0 Å². The minimum atomic E-state index is -0.493. The second kappa shape index (κ2) is 35.1. The van der Waals surface area contributed by atoms with E-state index >= 15 is 0 Å². The number of likely N-dealkylation sites (N-methyl/N-ethyl adjacent to an activating group) is 1. The van der Waals surface area contributed by atoms with Gasteiger partial charge < -0.3 is 59.8 Å². The molecule has 112 heavy (non-hydrogen) atoms. The van der Waals surface area contributed by atoms with E-state index in [0.717, 1.165) is 127 Å². The number of nitrogens with two attached hydrogens (primary N) is 1. The van der Waals surface area contributed by atoms with Crippen LogP contribution >= 0.6 is 0 Å². The number of nitrogens with zero attached hydrogens (tertiary/aromatic N) is 13. The Balaban J connectivity index is 0.000000131. The van der Waals surface area contributed by atoms with Gasteiger partial charge in [0, 0.05) is 136 Å². The summed E-state index contributed by atoms with van der Waals surface area (Å²) in [4.78, 5) is 80.1. The fourth-order valence-electron chi connectivity index (χ4n) is 14.8. The van der Waals surface area contributed by atoms with E-state index in [9.17, 15) is 36.7 Å². The first-order valence-electron chi connectivity index (χ1n) is 37.4. The number of fused-ring (bicyclic) bond motifs is 4. The van der Waals surface area contributed by atoms with Crippen molar-refractivity contribution in [3.05, 3.63) is 235 Å². The number of nitrogens with one attached hydrogen (secondary N) is 2. The smallest absolute Gasteiger partial charge is 0.258 e. The van der Waals surface area contributed by atoms with E-state index < -0.39 is 23.3 Å². The van der Waals surface area contributed by atoms with Gasteiger partial charge in [0.15, 0.2) is 46.3 Å². The van der Waals surface area contributed by atoms with Gasteiger partial charge in [-0.15, -0.1) is 0 Å². The van der Waals surface area contributed by atoms with E-state index in [0.29, 0.717) is 85.5 Å². The number of rotatable bonds is 17. The molecule has 0 aliphatic carbocycles. The molecule has 584 valence electrons. The maximum atomic E-state index is 14.1. The Kier molecular flexibility index (Phi) is 24.6. The molecule has 24 nitrogen and oxygen atoms in total. The zero-order valence-electron chi connectivity index (χ0n) is 64.0. The number of piperidine rings is 2.